The SMILES string of the molecule is COc1cc(Br)c(C(CN)N2CCSC(C)C2)cc1OC. The number of benzene rings is 1. The maximum absolute atomic E-state index is 6.07. The lowest BCUT2D eigenvalue weighted by atomic mass is 10.0. The van der Waals surface area contributed by atoms with E-state index in [2.05, 4.69) is 27.8 Å². The lowest BCUT2D eigenvalue weighted by Gasteiger charge is -2.37. The second kappa shape index (κ2) is 7.72. The normalized spacial score (nSPS) is 21.1. The molecule has 2 rings (SSSR count). The molecule has 1 heterocycles. The van der Waals surface area contributed by atoms with Crippen molar-refractivity contribution in [3.05, 3.63) is 22.2 Å². The lowest BCUT2D eigenvalue weighted by molar-refractivity contribution is 0.210. The highest BCUT2D eigenvalue weighted by Gasteiger charge is 2.27. The summed E-state index contributed by atoms with van der Waals surface area (Å²) in [7, 11) is 3.31. The summed E-state index contributed by atoms with van der Waals surface area (Å²) in [5.41, 5.74) is 7.23. The largest absolute Gasteiger partial charge is 0.493 e. The number of methoxy groups -OCH3 is 2. The van der Waals surface area contributed by atoms with Crippen LogP contribution in [0, 0.1) is 0 Å². The van der Waals surface area contributed by atoms with E-state index in [9.17, 15) is 0 Å². The molecule has 118 valence electrons. The molecular weight excluding hydrogens is 352 g/mol. The van der Waals surface area contributed by atoms with E-state index in [1.807, 2.05) is 23.9 Å². The first-order valence-electron chi connectivity index (χ1n) is 7.07. The van der Waals surface area contributed by atoms with Crippen LogP contribution in [0.5, 0.6) is 11.5 Å². The van der Waals surface area contributed by atoms with E-state index in [1.165, 1.54) is 0 Å². The molecule has 1 aromatic rings. The van der Waals surface area contributed by atoms with Crippen molar-refractivity contribution in [3.63, 3.8) is 0 Å². The fourth-order valence-corrected chi connectivity index (χ4v) is 4.35. The summed E-state index contributed by atoms with van der Waals surface area (Å²) in [5, 5.41) is 0.645. The molecule has 0 aromatic heterocycles. The summed E-state index contributed by atoms with van der Waals surface area (Å²) in [5.74, 6) is 2.63. The predicted molar refractivity (Wildman–Crippen MR) is 92.5 cm³/mol. The molecule has 21 heavy (non-hydrogen) atoms. The molecule has 4 nitrogen and oxygen atoms in total. The summed E-state index contributed by atoms with van der Waals surface area (Å²) >= 11 is 5.68. The Morgan fingerprint density at radius 3 is 2.62 bits per heavy atom. The van der Waals surface area contributed by atoms with Crippen molar-refractivity contribution in [2.75, 3.05) is 39.6 Å². The maximum atomic E-state index is 6.07. The van der Waals surface area contributed by atoms with Gasteiger partial charge in [0.1, 0.15) is 0 Å². The maximum Gasteiger partial charge on any atom is 0.161 e. The smallest absolute Gasteiger partial charge is 0.161 e. The minimum Gasteiger partial charge on any atom is -0.493 e. The molecule has 1 fully saturated rings. The monoisotopic (exact) mass is 374 g/mol. The number of rotatable bonds is 5. The number of hydrogen-bond donors (Lipinski definition) is 1. The topological polar surface area (TPSA) is 47.7 Å². The number of ether oxygens (including phenoxy) is 2. The van der Waals surface area contributed by atoms with Gasteiger partial charge in [0, 0.05) is 41.2 Å². The zero-order valence-electron chi connectivity index (χ0n) is 12.8. The molecule has 0 aliphatic carbocycles. The first kappa shape index (κ1) is 16.9. The van der Waals surface area contributed by atoms with Crippen LogP contribution in [0.3, 0.4) is 0 Å². The van der Waals surface area contributed by atoms with Crippen molar-refractivity contribution in [2.45, 2.75) is 18.2 Å². The van der Waals surface area contributed by atoms with E-state index in [0.29, 0.717) is 11.8 Å². The van der Waals surface area contributed by atoms with Gasteiger partial charge in [-0.05, 0) is 17.7 Å². The van der Waals surface area contributed by atoms with Gasteiger partial charge in [-0.15, -0.1) is 0 Å². The Morgan fingerprint density at radius 1 is 1.38 bits per heavy atom. The lowest BCUT2D eigenvalue weighted by Crippen LogP contribution is -2.42. The summed E-state index contributed by atoms with van der Waals surface area (Å²) in [4.78, 5) is 2.47. The Kier molecular flexibility index (Phi) is 6.22. The number of nitrogens with zero attached hydrogens (tertiary/aromatic N) is 1. The summed E-state index contributed by atoms with van der Waals surface area (Å²) in [6.45, 7) is 4.99. The van der Waals surface area contributed by atoms with Crippen molar-refractivity contribution in [2.24, 2.45) is 5.73 Å². The average molecular weight is 375 g/mol. The van der Waals surface area contributed by atoms with Crippen LogP contribution in [0.1, 0.15) is 18.5 Å². The Labute approximate surface area is 139 Å². The van der Waals surface area contributed by atoms with Gasteiger partial charge in [0.2, 0.25) is 0 Å². The first-order valence-corrected chi connectivity index (χ1v) is 8.92. The van der Waals surface area contributed by atoms with E-state index in [-0.39, 0.29) is 6.04 Å². The first-order chi connectivity index (χ1) is 10.1. The highest BCUT2D eigenvalue weighted by molar-refractivity contribution is 9.10. The highest BCUT2D eigenvalue weighted by atomic mass is 79.9. The zero-order chi connectivity index (χ0) is 15.4. The van der Waals surface area contributed by atoms with Gasteiger partial charge in [0.15, 0.2) is 11.5 Å². The summed E-state index contributed by atoms with van der Waals surface area (Å²) in [6, 6.07) is 4.19. The van der Waals surface area contributed by atoms with Crippen molar-refractivity contribution in [1.29, 1.82) is 0 Å². The van der Waals surface area contributed by atoms with Crippen LogP contribution in [-0.2, 0) is 0 Å². The molecule has 6 heteroatoms. The van der Waals surface area contributed by atoms with E-state index in [1.54, 1.807) is 14.2 Å². The minimum absolute atomic E-state index is 0.197. The standard InChI is InChI=1S/C15H23BrN2O2S/c1-10-9-18(4-5-21-10)13(8-17)11-6-14(19-2)15(20-3)7-12(11)16/h6-7,10,13H,4-5,8-9,17H2,1-3H3. The third-order valence-electron chi connectivity index (χ3n) is 3.80. The number of nitrogens with two attached hydrogens (primary N) is 1. The quantitative estimate of drug-likeness (QED) is 0.858. The predicted octanol–water partition coefficient (Wildman–Crippen LogP) is 2.90. The molecule has 0 bridgehead atoms. The van der Waals surface area contributed by atoms with Crippen LogP contribution in [0.4, 0.5) is 0 Å². The molecular formula is C15H23BrN2O2S. The zero-order valence-corrected chi connectivity index (χ0v) is 15.2. The summed E-state index contributed by atoms with van der Waals surface area (Å²) in [6.07, 6.45) is 0. The Hall–Kier alpha value is -0.430. The Bertz CT molecular complexity index is 487. The number of halogens is 1. The highest BCUT2D eigenvalue weighted by Crippen LogP contribution is 2.38. The van der Waals surface area contributed by atoms with Gasteiger partial charge in [-0.3, -0.25) is 4.90 Å². The van der Waals surface area contributed by atoms with E-state index in [0.717, 1.165) is 40.4 Å². The van der Waals surface area contributed by atoms with Gasteiger partial charge in [-0.2, -0.15) is 11.8 Å². The number of hydrogen-bond acceptors (Lipinski definition) is 5. The van der Waals surface area contributed by atoms with Gasteiger partial charge in [0.05, 0.1) is 14.2 Å². The van der Waals surface area contributed by atoms with Crippen molar-refractivity contribution >= 4 is 27.7 Å². The molecule has 0 spiro atoms. The van der Waals surface area contributed by atoms with Gasteiger partial charge >= 0.3 is 0 Å². The van der Waals surface area contributed by atoms with Gasteiger partial charge in [-0.25, -0.2) is 0 Å². The molecule has 1 saturated heterocycles. The second-order valence-electron chi connectivity index (χ2n) is 5.16. The Morgan fingerprint density at radius 2 is 2.05 bits per heavy atom. The molecule has 0 saturated carbocycles. The molecule has 2 atom stereocenters. The van der Waals surface area contributed by atoms with E-state index < -0.39 is 0 Å². The number of thioether (sulfide) groups is 1. The van der Waals surface area contributed by atoms with Crippen molar-refractivity contribution in [3.8, 4) is 11.5 Å². The second-order valence-corrected chi connectivity index (χ2v) is 7.56. The van der Waals surface area contributed by atoms with Gasteiger partial charge in [0.25, 0.3) is 0 Å². The van der Waals surface area contributed by atoms with Gasteiger partial charge < -0.3 is 15.2 Å². The van der Waals surface area contributed by atoms with Crippen LogP contribution >= 0.6 is 27.7 Å². The van der Waals surface area contributed by atoms with Crippen molar-refractivity contribution in [1.82, 2.24) is 4.90 Å². The third kappa shape index (κ3) is 3.86. The van der Waals surface area contributed by atoms with Crippen molar-refractivity contribution < 1.29 is 9.47 Å². The summed E-state index contributed by atoms with van der Waals surface area (Å²) < 4.78 is 11.8. The molecule has 2 N–H and O–H groups in total. The minimum atomic E-state index is 0.197. The van der Waals surface area contributed by atoms with E-state index >= 15 is 0 Å². The molecule has 2 unspecified atom stereocenters. The molecule has 1 aromatic carbocycles. The van der Waals surface area contributed by atoms with Crippen LogP contribution in [0.2, 0.25) is 0 Å². The molecule has 1 aliphatic rings. The van der Waals surface area contributed by atoms with Crippen LogP contribution < -0.4 is 15.2 Å². The van der Waals surface area contributed by atoms with Crippen LogP contribution in [0.15, 0.2) is 16.6 Å². The average Bonchev–Trinajstić information content (AvgIpc) is 2.49. The molecule has 0 amide bonds. The molecule has 0 radical (unpaired) electrons. The Balaban J connectivity index is 2.33. The van der Waals surface area contributed by atoms with Crippen LogP contribution in [0.25, 0.3) is 0 Å². The fourth-order valence-electron chi connectivity index (χ4n) is 2.73. The third-order valence-corrected chi connectivity index (χ3v) is 5.62. The fraction of sp³-hybridized carbons (Fsp3) is 0.600. The van der Waals surface area contributed by atoms with Crippen LogP contribution in [-0.4, -0.2) is 49.8 Å². The van der Waals surface area contributed by atoms with Gasteiger partial charge in [-0.1, -0.05) is 22.9 Å². The molecule has 1 aliphatic heterocycles. The van der Waals surface area contributed by atoms with E-state index in [4.69, 9.17) is 15.2 Å².